The number of nitrogens with one attached hydrogen (secondary N) is 1. The van der Waals surface area contributed by atoms with Gasteiger partial charge in [0.1, 0.15) is 5.69 Å². The van der Waals surface area contributed by atoms with E-state index < -0.39 is 5.92 Å². The molecule has 2 heterocycles. The predicted molar refractivity (Wildman–Crippen MR) is 156 cm³/mol. The molecule has 2 aliphatic heterocycles. The zero-order valence-corrected chi connectivity index (χ0v) is 22.4. The molecule has 3 aromatic rings. The predicted octanol–water partition coefficient (Wildman–Crippen LogP) is 4.72. The van der Waals surface area contributed by atoms with Crippen LogP contribution in [0.25, 0.3) is 0 Å². The van der Waals surface area contributed by atoms with Gasteiger partial charge in [0, 0.05) is 73.4 Å². The highest BCUT2D eigenvalue weighted by Crippen LogP contribution is 2.43. The number of aliphatic imine (C=N–C) groups is 1. The number of anilines is 1. The van der Waals surface area contributed by atoms with Crippen molar-refractivity contribution in [1.82, 2.24) is 10.2 Å². The molecule has 3 aromatic carbocycles. The Morgan fingerprint density at radius 2 is 1.68 bits per heavy atom. The van der Waals surface area contributed by atoms with Gasteiger partial charge < -0.3 is 15.0 Å². The summed E-state index contributed by atoms with van der Waals surface area (Å²) in [5.74, 6) is 0.126. The first-order valence-corrected chi connectivity index (χ1v) is 13.8. The zero-order valence-electron chi connectivity index (χ0n) is 22.4. The molecule has 0 aromatic heterocycles. The number of ketones is 2. The maximum absolute atomic E-state index is 13.8. The number of benzene rings is 3. The van der Waals surface area contributed by atoms with E-state index in [1.807, 2.05) is 37.3 Å². The van der Waals surface area contributed by atoms with Gasteiger partial charge in [-0.05, 0) is 36.8 Å². The molecule has 7 rings (SSSR count). The molecule has 1 atom stereocenters. The summed E-state index contributed by atoms with van der Waals surface area (Å²) >= 11 is 0. The van der Waals surface area contributed by atoms with Crippen LogP contribution in [-0.4, -0.2) is 61.4 Å². The molecule has 4 aliphatic rings. The second-order valence-electron chi connectivity index (χ2n) is 10.7. The molecular formula is C33H30N4O3. The van der Waals surface area contributed by atoms with Gasteiger partial charge in [-0.2, -0.15) is 0 Å². The Balaban J connectivity index is 1.15. The summed E-state index contributed by atoms with van der Waals surface area (Å²) in [6.07, 6.45) is 1.85. The van der Waals surface area contributed by atoms with Crippen molar-refractivity contribution in [3.8, 4) is 5.75 Å². The Kier molecular flexibility index (Phi) is 6.09. The lowest BCUT2D eigenvalue weighted by molar-refractivity contribution is 0.0908. The molecular weight excluding hydrogens is 500 g/mol. The highest BCUT2D eigenvalue weighted by atomic mass is 16.5. The number of hydrogen-bond acceptors (Lipinski definition) is 7. The van der Waals surface area contributed by atoms with Gasteiger partial charge in [0.05, 0.1) is 11.6 Å². The van der Waals surface area contributed by atoms with E-state index in [1.165, 1.54) is 5.69 Å². The van der Waals surface area contributed by atoms with Crippen molar-refractivity contribution >= 4 is 28.7 Å². The first-order chi connectivity index (χ1) is 19.6. The normalized spacial score (nSPS) is 20.0. The lowest BCUT2D eigenvalue weighted by Crippen LogP contribution is -2.48. The summed E-state index contributed by atoms with van der Waals surface area (Å²) < 4.78 is 6.29. The summed E-state index contributed by atoms with van der Waals surface area (Å²) in [6, 6.07) is 23.4. The van der Waals surface area contributed by atoms with Crippen LogP contribution in [0.1, 0.15) is 26.3 Å². The Labute approximate surface area is 233 Å². The number of Topliss-reactive ketones (excluding diaryl/α,β-unsaturated/α-hetero) is 2. The maximum atomic E-state index is 13.8. The number of carbonyl (C=O) groups is 2. The summed E-state index contributed by atoms with van der Waals surface area (Å²) in [5, 5.41) is 3.50. The minimum atomic E-state index is -0.797. The van der Waals surface area contributed by atoms with Gasteiger partial charge in [-0.3, -0.25) is 14.5 Å². The van der Waals surface area contributed by atoms with Crippen LogP contribution in [0.5, 0.6) is 5.75 Å². The van der Waals surface area contributed by atoms with E-state index in [-0.39, 0.29) is 11.6 Å². The zero-order chi connectivity index (χ0) is 27.2. The van der Waals surface area contributed by atoms with Crippen molar-refractivity contribution in [2.75, 3.05) is 44.2 Å². The first-order valence-electron chi connectivity index (χ1n) is 13.8. The third-order valence-electron chi connectivity index (χ3n) is 8.14. The van der Waals surface area contributed by atoms with Crippen LogP contribution in [0, 0.1) is 12.8 Å². The molecule has 1 fully saturated rings. The molecule has 40 heavy (non-hydrogen) atoms. The van der Waals surface area contributed by atoms with Gasteiger partial charge in [0.15, 0.2) is 23.1 Å². The fourth-order valence-corrected chi connectivity index (χ4v) is 6.03. The number of rotatable bonds is 5. The molecule has 1 N–H and O–H groups in total. The standard InChI is InChI=1S/C33H30N4O3/c1-21-11-12-25-27(19-21)40-28-20-26(34-13-14-36-15-17-37(18-16-36)22-7-3-2-4-8-22)29-30(31(28)35-25)33(39)24-10-6-5-9-23(24)32(29)38/h2-12,19-20,30,34H,13-18H2,1H3. The van der Waals surface area contributed by atoms with Gasteiger partial charge in [-0.25, -0.2) is 4.99 Å². The van der Waals surface area contributed by atoms with E-state index in [2.05, 4.69) is 39.4 Å². The minimum Gasteiger partial charge on any atom is -0.453 e. The van der Waals surface area contributed by atoms with Crippen LogP contribution in [0.4, 0.5) is 11.4 Å². The van der Waals surface area contributed by atoms with Crippen LogP contribution >= 0.6 is 0 Å². The van der Waals surface area contributed by atoms with Gasteiger partial charge in [0.25, 0.3) is 0 Å². The van der Waals surface area contributed by atoms with Crippen molar-refractivity contribution in [1.29, 1.82) is 0 Å². The van der Waals surface area contributed by atoms with Crippen molar-refractivity contribution in [2.45, 2.75) is 6.92 Å². The van der Waals surface area contributed by atoms with E-state index >= 15 is 0 Å². The van der Waals surface area contributed by atoms with Crippen molar-refractivity contribution < 1.29 is 14.3 Å². The van der Waals surface area contributed by atoms with E-state index in [1.54, 1.807) is 24.3 Å². The number of para-hydroxylation sites is 1. The van der Waals surface area contributed by atoms with Crippen molar-refractivity contribution in [2.24, 2.45) is 10.9 Å². The molecule has 1 unspecified atom stereocenters. The second-order valence-corrected chi connectivity index (χ2v) is 10.7. The monoisotopic (exact) mass is 530 g/mol. The molecule has 200 valence electrons. The minimum absolute atomic E-state index is 0.120. The number of ether oxygens (including phenoxy) is 1. The number of nitrogens with zero attached hydrogens (tertiary/aromatic N) is 3. The average Bonchev–Trinajstić information content (AvgIpc) is 2.99. The molecule has 0 bridgehead atoms. The topological polar surface area (TPSA) is 74.2 Å². The van der Waals surface area contributed by atoms with E-state index in [0.717, 1.165) is 38.3 Å². The highest BCUT2D eigenvalue weighted by molar-refractivity contribution is 6.33. The summed E-state index contributed by atoms with van der Waals surface area (Å²) in [7, 11) is 0. The van der Waals surface area contributed by atoms with E-state index in [0.29, 0.717) is 51.8 Å². The van der Waals surface area contributed by atoms with Gasteiger partial charge in [-0.15, -0.1) is 0 Å². The number of hydrogen-bond donors (Lipinski definition) is 1. The smallest absolute Gasteiger partial charge is 0.192 e. The quantitative estimate of drug-likeness (QED) is 0.515. The molecule has 2 aliphatic carbocycles. The van der Waals surface area contributed by atoms with Crippen LogP contribution in [-0.2, 0) is 0 Å². The lowest BCUT2D eigenvalue weighted by atomic mass is 9.72. The summed E-state index contributed by atoms with van der Waals surface area (Å²) in [4.78, 5) is 37.3. The van der Waals surface area contributed by atoms with Gasteiger partial charge in [0.2, 0.25) is 0 Å². The van der Waals surface area contributed by atoms with Crippen molar-refractivity contribution in [3.63, 3.8) is 0 Å². The van der Waals surface area contributed by atoms with Gasteiger partial charge in [-0.1, -0.05) is 48.5 Å². The fourth-order valence-electron chi connectivity index (χ4n) is 6.03. The molecule has 7 heteroatoms. The number of allylic oxidation sites excluding steroid dienone is 3. The Morgan fingerprint density at radius 3 is 2.48 bits per heavy atom. The third kappa shape index (κ3) is 4.23. The van der Waals surface area contributed by atoms with Crippen LogP contribution in [0.2, 0.25) is 0 Å². The number of piperazine rings is 1. The van der Waals surface area contributed by atoms with Crippen molar-refractivity contribution in [3.05, 3.63) is 113 Å². The fraction of sp³-hybridized carbons (Fsp3) is 0.242. The molecule has 0 radical (unpaired) electrons. The third-order valence-corrected chi connectivity index (χ3v) is 8.14. The Bertz CT molecular complexity index is 1610. The SMILES string of the molecule is Cc1ccc2c(c1)OC1=CC(NCCN3CCN(c4ccccc4)CC3)=C3C(=O)c4ccccc4C(=O)C3C1=N2. The van der Waals surface area contributed by atoms with Crippen LogP contribution in [0.15, 0.2) is 101 Å². The summed E-state index contributed by atoms with van der Waals surface area (Å²) in [5.41, 5.74) is 5.48. The molecule has 1 saturated heterocycles. The Morgan fingerprint density at radius 1 is 0.925 bits per heavy atom. The molecule has 0 amide bonds. The maximum Gasteiger partial charge on any atom is 0.192 e. The molecule has 0 spiro atoms. The van der Waals surface area contributed by atoms with E-state index in [4.69, 9.17) is 9.73 Å². The first kappa shape index (κ1) is 24.5. The number of aryl methyl sites for hydroxylation is 1. The molecule has 7 nitrogen and oxygen atoms in total. The average molecular weight is 531 g/mol. The highest BCUT2D eigenvalue weighted by Gasteiger charge is 2.46. The summed E-state index contributed by atoms with van der Waals surface area (Å²) in [6.45, 7) is 7.35. The Hall–Kier alpha value is -4.49. The van der Waals surface area contributed by atoms with E-state index in [9.17, 15) is 9.59 Å². The second kappa shape index (κ2) is 9.92. The van der Waals surface area contributed by atoms with Crippen LogP contribution < -0.4 is 15.0 Å². The number of fused-ring (bicyclic) bond motifs is 5. The van der Waals surface area contributed by atoms with Gasteiger partial charge >= 0.3 is 0 Å². The largest absolute Gasteiger partial charge is 0.453 e. The number of carbonyl (C=O) groups excluding carboxylic acids is 2. The molecule has 0 saturated carbocycles. The van der Waals surface area contributed by atoms with Crippen LogP contribution in [0.3, 0.4) is 0 Å². The lowest BCUT2D eigenvalue weighted by Gasteiger charge is -2.36.